The zero-order valence-corrected chi connectivity index (χ0v) is 15.0. The van der Waals surface area contributed by atoms with E-state index in [0.717, 1.165) is 21.8 Å². The van der Waals surface area contributed by atoms with E-state index >= 15 is 0 Å². The topological polar surface area (TPSA) is 99.1 Å². The van der Waals surface area contributed by atoms with Crippen LogP contribution in [0.25, 0.3) is 11.5 Å². The molecule has 0 bridgehead atoms. The normalized spacial score (nSPS) is 10.6. The number of halogens is 1. The molecule has 0 atom stereocenters. The molecule has 1 aromatic heterocycles. The zero-order valence-electron chi connectivity index (χ0n) is 12.6. The molecule has 0 spiro atoms. The smallest absolute Gasteiger partial charge is 0.277 e. The van der Waals surface area contributed by atoms with Crippen LogP contribution in [0.2, 0.25) is 0 Å². The predicted molar refractivity (Wildman–Crippen MR) is 95.6 cm³/mol. The van der Waals surface area contributed by atoms with Gasteiger partial charge in [-0.05, 0) is 24.3 Å². The Labute approximate surface area is 154 Å². The van der Waals surface area contributed by atoms with Gasteiger partial charge in [0, 0.05) is 27.7 Å². The largest absolute Gasteiger partial charge is 0.411 e. The summed E-state index contributed by atoms with van der Waals surface area (Å²) in [6.07, 6.45) is 0. The molecule has 0 saturated carbocycles. The van der Waals surface area contributed by atoms with Crippen molar-refractivity contribution in [1.29, 1.82) is 0 Å². The molecule has 3 rings (SSSR count). The lowest BCUT2D eigenvalue weighted by Crippen LogP contribution is -2.03. The van der Waals surface area contributed by atoms with Crippen LogP contribution >= 0.6 is 27.7 Å². The van der Waals surface area contributed by atoms with Gasteiger partial charge in [-0.3, -0.25) is 14.9 Å². The molecule has 25 heavy (non-hydrogen) atoms. The monoisotopic (exact) mass is 419 g/mol. The number of aromatic nitrogens is 2. The zero-order chi connectivity index (χ0) is 17.8. The summed E-state index contributed by atoms with van der Waals surface area (Å²) in [6, 6.07) is 13.0. The van der Waals surface area contributed by atoms with Crippen molar-refractivity contribution in [2.45, 2.75) is 5.22 Å². The molecule has 0 aliphatic carbocycles. The number of carbonyl (C=O) groups excluding carboxylic acids is 1. The lowest BCUT2D eigenvalue weighted by molar-refractivity contribution is -0.384. The van der Waals surface area contributed by atoms with Crippen molar-refractivity contribution in [2.75, 3.05) is 5.75 Å². The molecule has 0 unspecified atom stereocenters. The fourth-order valence-electron chi connectivity index (χ4n) is 1.98. The van der Waals surface area contributed by atoms with Crippen molar-refractivity contribution in [2.24, 2.45) is 0 Å². The maximum absolute atomic E-state index is 12.2. The lowest BCUT2D eigenvalue weighted by Gasteiger charge is -1.99. The molecular weight excluding hydrogens is 410 g/mol. The van der Waals surface area contributed by atoms with Gasteiger partial charge in [0.25, 0.3) is 10.9 Å². The number of nitrogens with zero attached hydrogens (tertiary/aromatic N) is 3. The Morgan fingerprint density at radius 3 is 2.68 bits per heavy atom. The number of rotatable bonds is 6. The van der Waals surface area contributed by atoms with Crippen molar-refractivity contribution < 1.29 is 14.1 Å². The highest BCUT2D eigenvalue weighted by molar-refractivity contribution is 9.10. The molecule has 0 aliphatic heterocycles. The molecule has 0 amide bonds. The first-order valence-electron chi connectivity index (χ1n) is 7.03. The van der Waals surface area contributed by atoms with Gasteiger partial charge in [-0.25, -0.2) is 0 Å². The highest BCUT2D eigenvalue weighted by atomic mass is 79.9. The second kappa shape index (κ2) is 7.58. The lowest BCUT2D eigenvalue weighted by atomic mass is 10.1. The number of thioether (sulfide) groups is 1. The Morgan fingerprint density at radius 2 is 1.96 bits per heavy atom. The first-order valence-corrected chi connectivity index (χ1v) is 8.81. The van der Waals surface area contributed by atoms with Crippen LogP contribution in [0, 0.1) is 10.1 Å². The first kappa shape index (κ1) is 17.3. The standard InChI is InChI=1S/C16H10BrN3O4S/c17-12-6-4-10(5-7-12)15-18-19-16(24-15)25-9-14(21)11-2-1-3-13(8-11)20(22)23/h1-8H,9H2. The minimum atomic E-state index is -0.535. The third-order valence-corrected chi connectivity index (χ3v) is 4.55. The SMILES string of the molecule is O=C(CSc1nnc(-c2ccc(Br)cc2)o1)c1cccc([N+](=O)[O-])c1. The minimum absolute atomic E-state index is 0.0448. The maximum Gasteiger partial charge on any atom is 0.277 e. The van der Waals surface area contributed by atoms with Gasteiger partial charge >= 0.3 is 0 Å². The minimum Gasteiger partial charge on any atom is -0.411 e. The number of carbonyl (C=O) groups is 1. The Kier molecular flexibility index (Phi) is 5.25. The molecule has 0 fully saturated rings. The van der Waals surface area contributed by atoms with Gasteiger partial charge in [0.05, 0.1) is 10.7 Å². The van der Waals surface area contributed by atoms with Crippen LogP contribution in [0.1, 0.15) is 10.4 Å². The molecule has 3 aromatic rings. The number of nitro groups is 1. The third-order valence-electron chi connectivity index (χ3n) is 3.20. The summed E-state index contributed by atoms with van der Waals surface area (Å²) in [4.78, 5) is 22.4. The van der Waals surface area contributed by atoms with Gasteiger partial charge in [0.1, 0.15) is 0 Å². The van der Waals surface area contributed by atoms with E-state index in [0.29, 0.717) is 5.89 Å². The van der Waals surface area contributed by atoms with Gasteiger partial charge in [0.2, 0.25) is 5.89 Å². The first-order chi connectivity index (χ1) is 12.0. The average Bonchev–Trinajstić information content (AvgIpc) is 3.09. The summed E-state index contributed by atoms with van der Waals surface area (Å²) in [5, 5.41) is 18.9. The van der Waals surface area contributed by atoms with Crippen molar-refractivity contribution in [3.05, 3.63) is 68.7 Å². The van der Waals surface area contributed by atoms with E-state index < -0.39 is 4.92 Å². The molecule has 0 saturated heterocycles. The van der Waals surface area contributed by atoms with E-state index in [4.69, 9.17) is 4.42 Å². The number of non-ortho nitro benzene ring substituents is 1. The summed E-state index contributed by atoms with van der Waals surface area (Å²) in [7, 11) is 0. The number of hydrogen-bond acceptors (Lipinski definition) is 7. The van der Waals surface area contributed by atoms with Crippen LogP contribution in [0.3, 0.4) is 0 Å². The van der Waals surface area contributed by atoms with E-state index in [-0.39, 0.29) is 28.0 Å². The predicted octanol–water partition coefficient (Wildman–Crippen LogP) is 4.38. The van der Waals surface area contributed by atoms with Gasteiger partial charge < -0.3 is 4.42 Å². The van der Waals surface area contributed by atoms with Gasteiger partial charge in [-0.2, -0.15) is 0 Å². The highest BCUT2D eigenvalue weighted by Gasteiger charge is 2.14. The van der Waals surface area contributed by atoms with Crippen molar-refractivity contribution in [3.8, 4) is 11.5 Å². The van der Waals surface area contributed by atoms with Crippen LogP contribution in [0.15, 0.2) is 62.6 Å². The van der Waals surface area contributed by atoms with Crippen molar-refractivity contribution in [3.63, 3.8) is 0 Å². The molecular formula is C16H10BrN3O4S. The quantitative estimate of drug-likeness (QED) is 0.253. The molecule has 0 aliphatic rings. The summed E-state index contributed by atoms with van der Waals surface area (Å²) in [6.45, 7) is 0. The Hall–Kier alpha value is -2.52. The molecule has 0 radical (unpaired) electrons. The summed E-state index contributed by atoms with van der Waals surface area (Å²) < 4.78 is 6.46. The molecule has 7 nitrogen and oxygen atoms in total. The molecule has 1 heterocycles. The van der Waals surface area contributed by atoms with Crippen LogP contribution in [-0.2, 0) is 0 Å². The second-order valence-electron chi connectivity index (χ2n) is 4.90. The van der Waals surface area contributed by atoms with Gasteiger partial charge in [-0.15, -0.1) is 10.2 Å². The Bertz CT molecular complexity index is 927. The molecule has 9 heteroatoms. The van der Waals surface area contributed by atoms with E-state index in [1.165, 1.54) is 24.3 Å². The van der Waals surface area contributed by atoms with Gasteiger partial charge in [0.15, 0.2) is 5.78 Å². The van der Waals surface area contributed by atoms with Crippen LogP contribution in [-0.4, -0.2) is 26.7 Å². The Balaban J connectivity index is 1.66. The fraction of sp³-hybridized carbons (Fsp3) is 0.0625. The van der Waals surface area contributed by atoms with Crippen molar-refractivity contribution >= 4 is 39.2 Å². The second-order valence-corrected chi connectivity index (χ2v) is 6.74. The Morgan fingerprint density at radius 1 is 1.20 bits per heavy atom. The molecule has 0 N–H and O–H groups in total. The van der Waals surface area contributed by atoms with E-state index in [9.17, 15) is 14.9 Å². The number of benzene rings is 2. The van der Waals surface area contributed by atoms with Crippen LogP contribution in [0.4, 0.5) is 5.69 Å². The summed E-state index contributed by atoms with van der Waals surface area (Å²) >= 11 is 4.44. The average molecular weight is 420 g/mol. The fourth-order valence-corrected chi connectivity index (χ4v) is 2.90. The van der Waals surface area contributed by atoms with Crippen LogP contribution in [0.5, 0.6) is 0 Å². The summed E-state index contributed by atoms with van der Waals surface area (Å²) in [5.74, 6) is 0.151. The number of ketones is 1. The number of hydrogen-bond donors (Lipinski definition) is 0. The van der Waals surface area contributed by atoms with Crippen molar-refractivity contribution in [1.82, 2.24) is 10.2 Å². The van der Waals surface area contributed by atoms with Gasteiger partial charge in [-0.1, -0.05) is 39.8 Å². The summed E-state index contributed by atoms with van der Waals surface area (Å²) in [5.41, 5.74) is 0.924. The van der Waals surface area contributed by atoms with E-state index in [1.807, 2.05) is 24.3 Å². The third kappa shape index (κ3) is 4.31. The maximum atomic E-state index is 12.2. The van der Waals surface area contributed by atoms with E-state index in [1.54, 1.807) is 0 Å². The number of nitro benzene ring substituents is 1. The molecule has 126 valence electrons. The molecule has 2 aromatic carbocycles. The highest BCUT2D eigenvalue weighted by Crippen LogP contribution is 2.25. The number of Topliss-reactive ketones (excluding diaryl/α,β-unsaturated/α-hetero) is 1. The van der Waals surface area contributed by atoms with E-state index in [2.05, 4.69) is 26.1 Å². The van der Waals surface area contributed by atoms with Crippen LogP contribution < -0.4 is 0 Å².